The summed E-state index contributed by atoms with van der Waals surface area (Å²) in [6.45, 7) is 3.80. The van der Waals surface area contributed by atoms with E-state index in [4.69, 9.17) is 0 Å². The summed E-state index contributed by atoms with van der Waals surface area (Å²) in [5, 5.41) is 9.77. The van der Waals surface area contributed by atoms with Gasteiger partial charge in [0, 0.05) is 5.69 Å². The average molecular weight is 235 g/mol. The maximum absolute atomic E-state index is 11.5. The molecule has 1 aliphatic carbocycles. The first-order valence-electron chi connectivity index (χ1n) is 5.84. The van der Waals surface area contributed by atoms with Crippen molar-refractivity contribution in [1.82, 2.24) is 4.98 Å². The highest BCUT2D eigenvalue weighted by molar-refractivity contribution is 5.87. The summed E-state index contributed by atoms with van der Waals surface area (Å²) in [6, 6.07) is 1.65. The molecule has 2 rings (SSSR count). The number of hydrogen-bond acceptors (Lipinski definition) is 4. The molecule has 0 amide bonds. The van der Waals surface area contributed by atoms with Gasteiger partial charge < -0.3 is 9.84 Å². The number of pyridine rings is 1. The molecule has 0 spiro atoms. The minimum atomic E-state index is -0.583. The molecule has 92 valence electrons. The van der Waals surface area contributed by atoms with Gasteiger partial charge in [-0.15, -0.1) is 0 Å². The fourth-order valence-corrected chi connectivity index (χ4v) is 2.37. The first kappa shape index (κ1) is 12.0. The number of aliphatic hydroxyl groups excluding tert-OH is 1. The Morgan fingerprint density at radius 2 is 2.35 bits per heavy atom. The van der Waals surface area contributed by atoms with Gasteiger partial charge >= 0.3 is 5.97 Å². The second kappa shape index (κ2) is 4.45. The van der Waals surface area contributed by atoms with Crippen molar-refractivity contribution in [2.75, 3.05) is 7.11 Å². The first-order chi connectivity index (χ1) is 8.04. The molecule has 0 bridgehead atoms. The zero-order chi connectivity index (χ0) is 12.6. The van der Waals surface area contributed by atoms with E-state index in [1.807, 2.05) is 0 Å². The number of aromatic nitrogens is 1. The Bertz CT molecular complexity index is 454. The molecule has 2 unspecified atom stereocenters. The zero-order valence-electron chi connectivity index (χ0n) is 10.4. The standard InChI is InChI=1S/C13H17NO3/c1-7-4-5-9-10(8(2)15)6-11(13(16)17-3)14-12(7)9/h6-8,15H,4-5H2,1-3H3. The van der Waals surface area contributed by atoms with E-state index < -0.39 is 12.1 Å². The van der Waals surface area contributed by atoms with Gasteiger partial charge in [0.1, 0.15) is 5.69 Å². The van der Waals surface area contributed by atoms with Crippen LogP contribution in [0.1, 0.15) is 59.6 Å². The Morgan fingerprint density at radius 3 is 2.94 bits per heavy atom. The molecule has 0 saturated carbocycles. The highest BCUT2D eigenvalue weighted by atomic mass is 16.5. The molecule has 2 atom stereocenters. The predicted molar refractivity (Wildman–Crippen MR) is 62.9 cm³/mol. The molecule has 4 heteroatoms. The monoisotopic (exact) mass is 235 g/mol. The van der Waals surface area contributed by atoms with Crippen molar-refractivity contribution in [1.29, 1.82) is 0 Å². The number of aliphatic hydroxyl groups is 1. The number of ether oxygens (including phenoxy) is 1. The zero-order valence-corrected chi connectivity index (χ0v) is 10.4. The number of carbonyl (C=O) groups excluding carboxylic acids is 1. The van der Waals surface area contributed by atoms with Crippen LogP contribution in [0.25, 0.3) is 0 Å². The summed E-state index contributed by atoms with van der Waals surface area (Å²) in [5.41, 5.74) is 3.12. The van der Waals surface area contributed by atoms with Gasteiger partial charge in [0.15, 0.2) is 0 Å². The van der Waals surface area contributed by atoms with Gasteiger partial charge in [-0.05, 0) is 42.9 Å². The lowest BCUT2D eigenvalue weighted by molar-refractivity contribution is 0.0593. The third-order valence-corrected chi connectivity index (χ3v) is 3.33. The fraction of sp³-hybridized carbons (Fsp3) is 0.538. The fourth-order valence-electron chi connectivity index (χ4n) is 2.37. The van der Waals surface area contributed by atoms with Gasteiger partial charge in [-0.3, -0.25) is 0 Å². The van der Waals surface area contributed by atoms with Gasteiger partial charge in [0.2, 0.25) is 0 Å². The molecule has 0 saturated heterocycles. The third-order valence-electron chi connectivity index (χ3n) is 3.33. The number of methoxy groups -OCH3 is 1. The molecule has 0 fully saturated rings. The third kappa shape index (κ3) is 2.05. The van der Waals surface area contributed by atoms with Gasteiger partial charge in [-0.25, -0.2) is 9.78 Å². The van der Waals surface area contributed by atoms with Crippen LogP contribution in [0.2, 0.25) is 0 Å². The Hall–Kier alpha value is -1.42. The average Bonchev–Trinajstić information content (AvgIpc) is 2.69. The molecule has 1 heterocycles. The molecule has 1 aromatic heterocycles. The van der Waals surface area contributed by atoms with E-state index in [9.17, 15) is 9.90 Å². The molecule has 4 nitrogen and oxygen atoms in total. The highest BCUT2D eigenvalue weighted by Gasteiger charge is 2.26. The number of nitrogens with zero attached hydrogens (tertiary/aromatic N) is 1. The molecular weight excluding hydrogens is 218 g/mol. The molecule has 0 aromatic carbocycles. The van der Waals surface area contributed by atoms with Gasteiger partial charge in [0.25, 0.3) is 0 Å². The van der Waals surface area contributed by atoms with Gasteiger partial charge in [-0.1, -0.05) is 6.92 Å². The minimum absolute atomic E-state index is 0.288. The van der Waals surface area contributed by atoms with E-state index in [1.54, 1.807) is 13.0 Å². The Kier molecular flexibility index (Phi) is 3.15. The van der Waals surface area contributed by atoms with E-state index in [0.29, 0.717) is 5.92 Å². The normalized spacial score (nSPS) is 19.9. The number of carbonyl (C=O) groups is 1. The summed E-state index contributed by atoms with van der Waals surface area (Å²) >= 11 is 0. The Morgan fingerprint density at radius 1 is 1.65 bits per heavy atom. The van der Waals surface area contributed by atoms with E-state index in [0.717, 1.165) is 29.7 Å². The summed E-state index contributed by atoms with van der Waals surface area (Å²) < 4.78 is 4.68. The summed E-state index contributed by atoms with van der Waals surface area (Å²) in [6.07, 6.45) is 1.36. The van der Waals surface area contributed by atoms with Crippen molar-refractivity contribution in [3.8, 4) is 0 Å². The van der Waals surface area contributed by atoms with Crippen molar-refractivity contribution in [2.45, 2.75) is 38.7 Å². The van der Waals surface area contributed by atoms with Crippen LogP contribution >= 0.6 is 0 Å². The SMILES string of the molecule is COC(=O)c1cc(C(C)O)c2c(n1)C(C)CC2. The number of fused-ring (bicyclic) bond motifs is 1. The van der Waals surface area contributed by atoms with E-state index in [1.165, 1.54) is 7.11 Å². The van der Waals surface area contributed by atoms with E-state index in [-0.39, 0.29) is 5.69 Å². The summed E-state index contributed by atoms with van der Waals surface area (Å²) in [5.74, 6) is -0.110. The topological polar surface area (TPSA) is 59.4 Å². The number of esters is 1. The van der Waals surface area contributed by atoms with Crippen molar-refractivity contribution in [2.24, 2.45) is 0 Å². The summed E-state index contributed by atoms with van der Waals surface area (Å²) in [4.78, 5) is 15.9. The maximum Gasteiger partial charge on any atom is 0.356 e. The first-order valence-corrected chi connectivity index (χ1v) is 5.84. The molecule has 17 heavy (non-hydrogen) atoms. The molecular formula is C13H17NO3. The lowest BCUT2D eigenvalue weighted by atomic mass is 10.0. The van der Waals surface area contributed by atoms with Crippen LogP contribution in [-0.2, 0) is 11.2 Å². The molecule has 1 aromatic rings. The van der Waals surface area contributed by atoms with Crippen molar-refractivity contribution in [3.05, 3.63) is 28.6 Å². The van der Waals surface area contributed by atoms with Crippen LogP contribution in [-0.4, -0.2) is 23.2 Å². The van der Waals surface area contributed by atoms with Crippen molar-refractivity contribution < 1.29 is 14.6 Å². The Balaban J connectivity index is 2.56. The van der Waals surface area contributed by atoms with Crippen LogP contribution < -0.4 is 0 Å². The maximum atomic E-state index is 11.5. The molecule has 0 radical (unpaired) electrons. The largest absolute Gasteiger partial charge is 0.464 e. The molecule has 1 N–H and O–H groups in total. The van der Waals surface area contributed by atoms with Crippen LogP contribution in [0, 0.1) is 0 Å². The second-order valence-corrected chi connectivity index (χ2v) is 4.57. The van der Waals surface area contributed by atoms with Crippen LogP contribution in [0.5, 0.6) is 0 Å². The number of hydrogen-bond donors (Lipinski definition) is 1. The highest BCUT2D eigenvalue weighted by Crippen LogP contribution is 2.35. The van der Waals surface area contributed by atoms with Gasteiger partial charge in [0.05, 0.1) is 13.2 Å². The smallest absolute Gasteiger partial charge is 0.356 e. The van der Waals surface area contributed by atoms with Crippen LogP contribution in [0.15, 0.2) is 6.07 Å². The quantitative estimate of drug-likeness (QED) is 0.796. The van der Waals surface area contributed by atoms with Crippen LogP contribution in [0.4, 0.5) is 0 Å². The Labute approximate surface area is 101 Å². The van der Waals surface area contributed by atoms with Crippen molar-refractivity contribution in [3.63, 3.8) is 0 Å². The van der Waals surface area contributed by atoms with E-state index in [2.05, 4.69) is 16.6 Å². The van der Waals surface area contributed by atoms with Gasteiger partial charge in [-0.2, -0.15) is 0 Å². The van der Waals surface area contributed by atoms with Crippen LogP contribution in [0.3, 0.4) is 0 Å². The van der Waals surface area contributed by atoms with Crippen molar-refractivity contribution >= 4 is 5.97 Å². The molecule has 1 aliphatic rings. The van der Waals surface area contributed by atoms with E-state index >= 15 is 0 Å². The number of rotatable bonds is 2. The molecule has 0 aliphatic heterocycles. The predicted octanol–water partition coefficient (Wildman–Crippen LogP) is 1.97. The summed E-state index contributed by atoms with van der Waals surface area (Å²) in [7, 11) is 1.34. The second-order valence-electron chi connectivity index (χ2n) is 4.57. The minimum Gasteiger partial charge on any atom is -0.464 e. The lowest BCUT2D eigenvalue weighted by Gasteiger charge is -2.13. The lowest BCUT2D eigenvalue weighted by Crippen LogP contribution is -2.10.